The molecule has 2 fully saturated rings. The van der Waals surface area contributed by atoms with Gasteiger partial charge in [-0.15, -0.1) is 6.58 Å². The van der Waals surface area contributed by atoms with Gasteiger partial charge in [0.05, 0.1) is 18.7 Å². The van der Waals surface area contributed by atoms with Crippen molar-refractivity contribution in [2.45, 2.75) is 78.4 Å². The molecule has 0 aromatic heterocycles. The van der Waals surface area contributed by atoms with Crippen LogP contribution in [0.25, 0.3) is 0 Å². The van der Waals surface area contributed by atoms with E-state index in [2.05, 4.69) is 61.0 Å². The molecule has 2 unspecified atom stereocenters. The van der Waals surface area contributed by atoms with E-state index in [0.29, 0.717) is 18.6 Å². The average molecular weight is 451 g/mol. The zero-order valence-corrected chi connectivity index (χ0v) is 21.2. The van der Waals surface area contributed by atoms with Crippen molar-refractivity contribution in [1.29, 1.82) is 5.26 Å². The average Bonchev–Trinajstić information content (AvgIpc) is 3.25. The van der Waals surface area contributed by atoms with Crippen LogP contribution < -0.4 is 5.32 Å². The van der Waals surface area contributed by atoms with Crippen molar-refractivity contribution >= 4 is 5.91 Å². The maximum absolute atomic E-state index is 12.4. The highest BCUT2D eigenvalue weighted by Gasteiger charge is 2.36. The minimum absolute atomic E-state index is 0.0641. The van der Waals surface area contributed by atoms with Gasteiger partial charge in [-0.1, -0.05) is 55.3 Å². The van der Waals surface area contributed by atoms with Crippen LogP contribution in [0.5, 0.6) is 0 Å². The van der Waals surface area contributed by atoms with Gasteiger partial charge in [0, 0.05) is 25.7 Å². The lowest BCUT2D eigenvalue weighted by atomic mass is 9.91. The van der Waals surface area contributed by atoms with Gasteiger partial charge in [0.25, 0.3) is 0 Å². The molecule has 5 nitrogen and oxygen atoms in total. The van der Waals surface area contributed by atoms with Gasteiger partial charge in [0.1, 0.15) is 6.04 Å². The summed E-state index contributed by atoms with van der Waals surface area (Å²) in [5.74, 6) is 0.0641. The first-order valence-corrected chi connectivity index (χ1v) is 12.5. The van der Waals surface area contributed by atoms with Gasteiger partial charge in [-0.05, 0) is 57.6 Å². The first-order chi connectivity index (χ1) is 16.0. The molecule has 2 atom stereocenters. The highest BCUT2D eigenvalue weighted by Crippen LogP contribution is 2.39. The quantitative estimate of drug-likeness (QED) is 0.655. The molecule has 2 aliphatic heterocycles. The normalized spacial score (nSPS) is 22.5. The molecular weight excluding hydrogens is 408 g/mol. The van der Waals surface area contributed by atoms with Crippen LogP contribution in [0.2, 0.25) is 0 Å². The van der Waals surface area contributed by atoms with Crippen LogP contribution in [0.4, 0.5) is 0 Å². The molecule has 1 N–H and O–H groups in total. The van der Waals surface area contributed by atoms with Crippen LogP contribution in [0, 0.1) is 11.3 Å². The standard InChI is InChI=1S/C23H30N4O.C3H6.C2H6/c1-16-9-10-18-6-3-4-8-21(18)23(17(16)2)26-14-19(15-26)25-13-22(28)27-11-5-7-20(27)12-24;1-3-2;1-2/h3-4,6,8,19-20,23,25H,5,7,9-11,13-15H2,1-2H3;3H,1H2,2H3;1-2H3. The van der Waals surface area contributed by atoms with E-state index in [-0.39, 0.29) is 11.9 Å². The van der Waals surface area contributed by atoms with Crippen molar-refractivity contribution in [2.75, 3.05) is 26.2 Å². The number of likely N-dealkylation sites (tertiary alicyclic amines) is 2. The molecule has 33 heavy (non-hydrogen) atoms. The van der Waals surface area contributed by atoms with Crippen molar-refractivity contribution in [3.8, 4) is 6.07 Å². The Bertz CT molecular complexity index is 863. The zero-order valence-electron chi connectivity index (χ0n) is 21.2. The molecule has 180 valence electrons. The second-order valence-corrected chi connectivity index (χ2v) is 8.88. The fourth-order valence-electron chi connectivity index (χ4n) is 4.87. The molecule has 2 heterocycles. The largest absolute Gasteiger partial charge is 0.326 e. The monoisotopic (exact) mass is 450 g/mol. The number of nitriles is 1. The number of nitrogens with one attached hydrogen (secondary N) is 1. The Kier molecular flexibility index (Phi) is 10.8. The molecular formula is C28H42N4O. The van der Waals surface area contributed by atoms with Crippen molar-refractivity contribution in [3.05, 3.63) is 59.2 Å². The second-order valence-electron chi connectivity index (χ2n) is 8.88. The summed E-state index contributed by atoms with van der Waals surface area (Å²) in [7, 11) is 0. The first-order valence-electron chi connectivity index (χ1n) is 12.5. The molecule has 4 rings (SSSR count). The van der Waals surface area contributed by atoms with E-state index < -0.39 is 0 Å². The highest BCUT2D eigenvalue weighted by molar-refractivity contribution is 5.79. The van der Waals surface area contributed by atoms with E-state index in [1.54, 1.807) is 11.0 Å². The summed E-state index contributed by atoms with van der Waals surface area (Å²) in [6, 6.07) is 11.6. The summed E-state index contributed by atoms with van der Waals surface area (Å²) in [4.78, 5) is 16.7. The van der Waals surface area contributed by atoms with Gasteiger partial charge in [0.15, 0.2) is 0 Å². The molecule has 0 bridgehead atoms. The predicted molar refractivity (Wildman–Crippen MR) is 137 cm³/mol. The molecule has 3 aliphatic rings. The van der Waals surface area contributed by atoms with E-state index >= 15 is 0 Å². The number of hydrogen-bond acceptors (Lipinski definition) is 4. The maximum atomic E-state index is 12.4. The summed E-state index contributed by atoms with van der Waals surface area (Å²) < 4.78 is 0. The van der Waals surface area contributed by atoms with Crippen molar-refractivity contribution in [3.63, 3.8) is 0 Å². The number of benzene rings is 1. The SMILES string of the molecule is C=CC.CC.CC1=C(C)C(N2CC(NCC(=O)N3CCCC3C#N)C2)c2ccccc2CC1. The summed E-state index contributed by atoms with van der Waals surface area (Å²) in [5.41, 5.74) is 5.89. The van der Waals surface area contributed by atoms with Crippen LogP contribution in [-0.4, -0.2) is 54.0 Å². The smallest absolute Gasteiger partial charge is 0.237 e. The van der Waals surface area contributed by atoms with Gasteiger partial charge in [0.2, 0.25) is 5.91 Å². The minimum atomic E-state index is -0.231. The number of nitrogens with zero attached hydrogens (tertiary/aromatic N) is 3. The number of aryl methyl sites for hydroxylation is 1. The van der Waals surface area contributed by atoms with Gasteiger partial charge in [-0.2, -0.15) is 5.26 Å². The third kappa shape index (κ3) is 6.56. The number of amides is 1. The summed E-state index contributed by atoms with van der Waals surface area (Å²) in [6.45, 7) is 16.8. The summed E-state index contributed by atoms with van der Waals surface area (Å²) in [5, 5.41) is 12.6. The van der Waals surface area contributed by atoms with Crippen molar-refractivity contribution < 1.29 is 4.79 Å². The fraction of sp³-hybridized carbons (Fsp3) is 0.571. The van der Waals surface area contributed by atoms with Gasteiger partial charge < -0.3 is 10.2 Å². The molecule has 0 radical (unpaired) electrons. The summed E-state index contributed by atoms with van der Waals surface area (Å²) in [6.07, 6.45) is 5.76. The Hall–Kier alpha value is -2.42. The molecule has 1 aliphatic carbocycles. The Morgan fingerprint density at radius 2 is 1.91 bits per heavy atom. The lowest BCUT2D eigenvalue weighted by Crippen LogP contribution is -2.60. The molecule has 5 heteroatoms. The van der Waals surface area contributed by atoms with Crippen LogP contribution >= 0.6 is 0 Å². The molecule has 2 saturated heterocycles. The van der Waals surface area contributed by atoms with Crippen LogP contribution in [0.15, 0.2) is 48.1 Å². The Labute approximate surface area is 201 Å². The molecule has 1 aromatic carbocycles. The number of rotatable bonds is 4. The molecule has 0 spiro atoms. The van der Waals surface area contributed by atoms with Gasteiger partial charge >= 0.3 is 0 Å². The van der Waals surface area contributed by atoms with Crippen molar-refractivity contribution in [1.82, 2.24) is 15.1 Å². The maximum Gasteiger partial charge on any atom is 0.237 e. The van der Waals surface area contributed by atoms with Gasteiger partial charge in [-0.3, -0.25) is 9.69 Å². The minimum Gasteiger partial charge on any atom is -0.326 e. The zero-order chi connectivity index (χ0) is 24.4. The highest BCUT2D eigenvalue weighted by atomic mass is 16.2. The van der Waals surface area contributed by atoms with E-state index in [0.717, 1.165) is 45.3 Å². The molecule has 1 aromatic rings. The third-order valence-corrected chi connectivity index (χ3v) is 6.74. The number of allylic oxidation sites excluding steroid dienone is 2. The van der Waals surface area contributed by atoms with E-state index in [9.17, 15) is 10.1 Å². The Morgan fingerprint density at radius 1 is 1.24 bits per heavy atom. The number of fused-ring (bicyclic) bond motifs is 1. The van der Waals surface area contributed by atoms with Crippen molar-refractivity contribution in [2.24, 2.45) is 0 Å². The van der Waals surface area contributed by atoms with E-state index in [1.807, 2.05) is 20.8 Å². The first kappa shape index (κ1) is 26.8. The van der Waals surface area contributed by atoms with Crippen LogP contribution in [-0.2, 0) is 11.2 Å². The number of hydrogen-bond donors (Lipinski definition) is 1. The van der Waals surface area contributed by atoms with E-state index in [1.165, 1.54) is 22.3 Å². The van der Waals surface area contributed by atoms with Crippen LogP contribution in [0.3, 0.4) is 0 Å². The molecule has 0 saturated carbocycles. The number of carbonyl (C=O) groups excluding carboxylic acids is 1. The predicted octanol–water partition coefficient (Wildman–Crippen LogP) is 5.02. The topological polar surface area (TPSA) is 59.4 Å². The lowest BCUT2D eigenvalue weighted by Gasteiger charge is -2.46. The Balaban J connectivity index is 0.000000714. The lowest BCUT2D eigenvalue weighted by molar-refractivity contribution is -0.130. The third-order valence-electron chi connectivity index (χ3n) is 6.74. The fourth-order valence-corrected chi connectivity index (χ4v) is 4.87. The van der Waals surface area contributed by atoms with Gasteiger partial charge in [-0.25, -0.2) is 0 Å². The Morgan fingerprint density at radius 3 is 2.58 bits per heavy atom. The van der Waals surface area contributed by atoms with E-state index in [4.69, 9.17) is 0 Å². The molecule has 1 amide bonds. The second kappa shape index (κ2) is 13.3. The number of carbonyl (C=O) groups is 1. The summed E-state index contributed by atoms with van der Waals surface area (Å²) >= 11 is 0. The van der Waals surface area contributed by atoms with Crippen LogP contribution in [0.1, 0.15) is 71.0 Å².